The summed E-state index contributed by atoms with van der Waals surface area (Å²) in [4.78, 5) is 11.6. The van der Waals surface area contributed by atoms with Crippen LogP contribution in [0.2, 0.25) is 0 Å². The molecule has 0 saturated carbocycles. The zero-order valence-electron chi connectivity index (χ0n) is 7.56. The molecule has 0 saturated heterocycles. The van der Waals surface area contributed by atoms with Crippen molar-refractivity contribution in [1.29, 1.82) is 0 Å². The molecule has 1 aromatic carbocycles. The zero-order chi connectivity index (χ0) is 9.42. The van der Waals surface area contributed by atoms with Crippen molar-refractivity contribution in [2.75, 3.05) is 0 Å². The summed E-state index contributed by atoms with van der Waals surface area (Å²) < 4.78 is 1.17. The molecule has 1 aliphatic rings. The van der Waals surface area contributed by atoms with Crippen LogP contribution in [-0.4, -0.2) is 5.78 Å². The summed E-state index contributed by atoms with van der Waals surface area (Å²) in [6.07, 6.45) is 2.82. The summed E-state index contributed by atoms with van der Waals surface area (Å²) >= 11 is 2.27. The number of hydrogen-bond acceptors (Lipinski definition) is 1. The molecular formula is C11H11IO. The number of benzene rings is 1. The average molecular weight is 286 g/mol. The van der Waals surface area contributed by atoms with Gasteiger partial charge in [0.2, 0.25) is 0 Å². The third-order valence-corrected chi connectivity index (χ3v) is 3.19. The normalized spacial score (nSPS) is 15.7. The van der Waals surface area contributed by atoms with Crippen molar-refractivity contribution in [2.45, 2.75) is 26.2 Å². The third-order valence-electron chi connectivity index (χ3n) is 2.57. The molecule has 1 nitrogen and oxygen atoms in total. The maximum absolute atomic E-state index is 11.6. The van der Waals surface area contributed by atoms with Crippen LogP contribution in [-0.2, 0) is 6.42 Å². The lowest BCUT2D eigenvalue weighted by molar-refractivity contribution is 0.0972. The second kappa shape index (κ2) is 3.40. The fourth-order valence-electron chi connectivity index (χ4n) is 1.91. The van der Waals surface area contributed by atoms with Crippen LogP contribution in [0.3, 0.4) is 0 Å². The fraction of sp³-hybridized carbons (Fsp3) is 0.364. The Hall–Kier alpha value is -0.380. The lowest BCUT2D eigenvalue weighted by atomic mass is 9.88. The van der Waals surface area contributed by atoms with Crippen LogP contribution in [0.15, 0.2) is 12.1 Å². The SMILES string of the molecule is Cc1cc(I)cc2c1CCCC2=O. The van der Waals surface area contributed by atoms with E-state index in [2.05, 4.69) is 35.6 Å². The van der Waals surface area contributed by atoms with Crippen LogP contribution in [0.4, 0.5) is 0 Å². The van der Waals surface area contributed by atoms with Crippen molar-refractivity contribution in [1.82, 2.24) is 0 Å². The van der Waals surface area contributed by atoms with Crippen LogP contribution < -0.4 is 0 Å². The molecule has 0 aliphatic heterocycles. The first-order chi connectivity index (χ1) is 6.18. The number of carbonyl (C=O) groups is 1. The summed E-state index contributed by atoms with van der Waals surface area (Å²) in [5, 5.41) is 0. The zero-order valence-corrected chi connectivity index (χ0v) is 9.72. The van der Waals surface area contributed by atoms with Crippen molar-refractivity contribution in [2.24, 2.45) is 0 Å². The Kier molecular flexibility index (Phi) is 2.41. The topological polar surface area (TPSA) is 17.1 Å². The summed E-state index contributed by atoms with van der Waals surface area (Å²) in [7, 11) is 0. The van der Waals surface area contributed by atoms with Crippen molar-refractivity contribution >= 4 is 28.4 Å². The summed E-state index contributed by atoms with van der Waals surface area (Å²) in [6, 6.07) is 4.17. The quantitative estimate of drug-likeness (QED) is 0.670. The van der Waals surface area contributed by atoms with Gasteiger partial charge in [0.05, 0.1) is 0 Å². The highest BCUT2D eigenvalue weighted by molar-refractivity contribution is 14.1. The fourth-order valence-corrected chi connectivity index (χ4v) is 2.69. The Morgan fingerprint density at radius 2 is 2.08 bits per heavy atom. The van der Waals surface area contributed by atoms with Gasteiger partial charge in [-0.3, -0.25) is 4.79 Å². The average Bonchev–Trinajstić information content (AvgIpc) is 2.07. The number of fused-ring (bicyclic) bond motifs is 1. The Morgan fingerprint density at radius 1 is 1.31 bits per heavy atom. The minimum absolute atomic E-state index is 0.322. The highest BCUT2D eigenvalue weighted by Gasteiger charge is 2.18. The van der Waals surface area contributed by atoms with E-state index in [1.165, 1.54) is 14.7 Å². The third kappa shape index (κ3) is 1.64. The molecule has 0 spiro atoms. The Morgan fingerprint density at radius 3 is 2.85 bits per heavy atom. The number of rotatable bonds is 0. The molecule has 0 heterocycles. The second-order valence-electron chi connectivity index (χ2n) is 3.53. The van der Waals surface area contributed by atoms with Gasteiger partial charge in [-0.2, -0.15) is 0 Å². The van der Waals surface area contributed by atoms with E-state index in [1.807, 2.05) is 6.07 Å². The van der Waals surface area contributed by atoms with E-state index in [-0.39, 0.29) is 0 Å². The van der Waals surface area contributed by atoms with Crippen molar-refractivity contribution in [3.8, 4) is 0 Å². The van der Waals surface area contributed by atoms with Crippen LogP contribution in [0.1, 0.15) is 34.3 Å². The van der Waals surface area contributed by atoms with E-state index >= 15 is 0 Å². The molecule has 2 rings (SSSR count). The van der Waals surface area contributed by atoms with Crippen molar-refractivity contribution < 1.29 is 4.79 Å². The molecule has 0 radical (unpaired) electrons. The monoisotopic (exact) mass is 286 g/mol. The molecule has 1 aliphatic carbocycles. The first-order valence-corrected chi connectivity index (χ1v) is 5.58. The Balaban J connectivity index is 2.63. The van der Waals surface area contributed by atoms with Gasteiger partial charge >= 0.3 is 0 Å². The van der Waals surface area contributed by atoms with E-state index in [1.54, 1.807) is 0 Å². The number of halogens is 1. The second-order valence-corrected chi connectivity index (χ2v) is 4.77. The molecule has 0 bridgehead atoms. The van der Waals surface area contributed by atoms with Gasteiger partial charge in [-0.05, 0) is 65.6 Å². The highest BCUT2D eigenvalue weighted by atomic mass is 127. The van der Waals surface area contributed by atoms with Gasteiger partial charge in [0.15, 0.2) is 5.78 Å². The first kappa shape index (κ1) is 9.19. The highest BCUT2D eigenvalue weighted by Crippen LogP contribution is 2.26. The maximum atomic E-state index is 11.6. The summed E-state index contributed by atoms with van der Waals surface area (Å²) in [5.41, 5.74) is 3.52. The van der Waals surface area contributed by atoms with E-state index in [9.17, 15) is 4.79 Å². The van der Waals surface area contributed by atoms with Crippen LogP contribution in [0, 0.1) is 10.5 Å². The predicted octanol–water partition coefficient (Wildman–Crippen LogP) is 3.12. The lowest BCUT2D eigenvalue weighted by Gasteiger charge is -2.17. The Bertz CT molecular complexity index is 369. The van der Waals surface area contributed by atoms with Gasteiger partial charge in [-0.25, -0.2) is 0 Å². The molecule has 0 N–H and O–H groups in total. The molecule has 68 valence electrons. The summed E-state index contributed by atoms with van der Waals surface area (Å²) in [6.45, 7) is 2.10. The summed E-state index contributed by atoms with van der Waals surface area (Å²) in [5.74, 6) is 0.322. The molecule has 2 heteroatoms. The van der Waals surface area contributed by atoms with Crippen LogP contribution in [0.5, 0.6) is 0 Å². The number of carbonyl (C=O) groups excluding carboxylic acids is 1. The van der Waals surface area contributed by atoms with Gasteiger partial charge in [0, 0.05) is 15.6 Å². The van der Waals surface area contributed by atoms with Gasteiger partial charge in [0.1, 0.15) is 0 Å². The molecule has 0 fully saturated rings. The first-order valence-electron chi connectivity index (χ1n) is 4.50. The number of aryl methyl sites for hydroxylation is 1. The molecule has 0 aromatic heterocycles. The van der Waals surface area contributed by atoms with Gasteiger partial charge < -0.3 is 0 Å². The van der Waals surface area contributed by atoms with E-state index < -0.39 is 0 Å². The van der Waals surface area contributed by atoms with Crippen LogP contribution >= 0.6 is 22.6 Å². The molecule has 0 unspecified atom stereocenters. The van der Waals surface area contributed by atoms with E-state index in [4.69, 9.17) is 0 Å². The Labute approximate surface area is 91.7 Å². The van der Waals surface area contributed by atoms with Crippen molar-refractivity contribution in [3.63, 3.8) is 0 Å². The number of hydrogen-bond donors (Lipinski definition) is 0. The maximum Gasteiger partial charge on any atom is 0.163 e. The van der Waals surface area contributed by atoms with Gasteiger partial charge in [-0.1, -0.05) is 0 Å². The van der Waals surface area contributed by atoms with E-state index in [0.29, 0.717) is 5.78 Å². The van der Waals surface area contributed by atoms with Gasteiger partial charge in [-0.15, -0.1) is 0 Å². The molecule has 13 heavy (non-hydrogen) atoms. The molecule has 1 aromatic rings. The largest absolute Gasteiger partial charge is 0.294 e. The van der Waals surface area contributed by atoms with E-state index in [0.717, 1.165) is 24.8 Å². The molecule has 0 amide bonds. The molecule has 0 atom stereocenters. The minimum Gasteiger partial charge on any atom is -0.294 e. The minimum atomic E-state index is 0.322. The van der Waals surface area contributed by atoms with Crippen LogP contribution in [0.25, 0.3) is 0 Å². The standard InChI is InChI=1S/C11H11IO/c1-7-5-8(12)6-10-9(7)3-2-4-11(10)13/h5-6H,2-4H2,1H3. The number of ketones is 1. The van der Waals surface area contributed by atoms with Crippen molar-refractivity contribution in [3.05, 3.63) is 32.4 Å². The van der Waals surface area contributed by atoms with Gasteiger partial charge in [0.25, 0.3) is 0 Å². The molecular weight excluding hydrogens is 275 g/mol. The lowest BCUT2D eigenvalue weighted by Crippen LogP contribution is -2.12. The number of Topliss-reactive ketones (excluding diaryl/α,β-unsaturated/α-hetero) is 1. The smallest absolute Gasteiger partial charge is 0.163 e. The predicted molar refractivity (Wildman–Crippen MR) is 61.2 cm³/mol.